The van der Waals surface area contributed by atoms with Gasteiger partial charge in [-0.1, -0.05) is 11.6 Å². The van der Waals surface area contributed by atoms with Gasteiger partial charge in [-0.05, 0) is 51.1 Å². The molecule has 3 amide bonds. The summed E-state index contributed by atoms with van der Waals surface area (Å²) in [6.07, 6.45) is -5.01. The van der Waals surface area contributed by atoms with Crippen molar-refractivity contribution in [1.29, 1.82) is 0 Å². The number of urea groups is 1. The van der Waals surface area contributed by atoms with Gasteiger partial charge in [0.25, 0.3) is 5.91 Å². The molecule has 0 aliphatic heterocycles. The minimum Gasteiger partial charge on any atom is -0.406 e. The average molecular weight is 466 g/mol. The second-order valence-electron chi connectivity index (χ2n) is 7.22. The summed E-state index contributed by atoms with van der Waals surface area (Å²) in [7, 11) is 0. The van der Waals surface area contributed by atoms with Crippen LogP contribution in [0.5, 0.6) is 5.75 Å². The zero-order chi connectivity index (χ0) is 23.6. The highest BCUT2D eigenvalue weighted by molar-refractivity contribution is 6.31. The van der Waals surface area contributed by atoms with E-state index in [1.807, 2.05) is 0 Å². The van der Waals surface area contributed by atoms with Crippen LogP contribution in [0.25, 0.3) is 0 Å². The highest BCUT2D eigenvalue weighted by atomic mass is 35.5. The zero-order valence-corrected chi connectivity index (χ0v) is 17.2. The summed E-state index contributed by atoms with van der Waals surface area (Å²) in [5.74, 6) is -3.40. The lowest BCUT2D eigenvalue weighted by Crippen LogP contribution is -2.56. The van der Waals surface area contributed by atoms with Crippen LogP contribution in [0.3, 0.4) is 0 Å². The molecule has 12 heteroatoms. The number of carbonyl (C=O) groups is 2. The Balaban J connectivity index is 2.29. The number of hydrogen-bond acceptors (Lipinski definition) is 3. The van der Waals surface area contributed by atoms with Crippen LogP contribution in [0.4, 0.5) is 32.4 Å². The second-order valence-corrected chi connectivity index (χ2v) is 7.66. The average Bonchev–Trinajstić information content (AvgIpc) is 2.59. The number of halogens is 6. The van der Waals surface area contributed by atoms with Crippen molar-refractivity contribution in [2.45, 2.75) is 32.7 Å². The van der Waals surface area contributed by atoms with Crippen LogP contribution in [-0.2, 0) is 0 Å². The number of nitrogens with zero attached hydrogens (tertiary/aromatic N) is 1. The molecule has 0 saturated heterocycles. The van der Waals surface area contributed by atoms with Gasteiger partial charge in [-0.15, -0.1) is 13.2 Å². The normalized spacial score (nSPS) is 11.6. The number of rotatable bonds is 3. The monoisotopic (exact) mass is 465 g/mol. The van der Waals surface area contributed by atoms with E-state index in [-0.39, 0.29) is 10.6 Å². The molecule has 0 spiro atoms. The molecule has 0 atom stereocenters. The number of carbonyl (C=O) groups excluding carboxylic acids is 2. The summed E-state index contributed by atoms with van der Waals surface area (Å²) in [6.45, 7) is 4.56. The maximum absolute atomic E-state index is 13.7. The number of benzene rings is 2. The van der Waals surface area contributed by atoms with E-state index in [0.717, 1.165) is 41.4 Å². The van der Waals surface area contributed by atoms with Gasteiger partial charge in [0.15, 0.2) is 0 Å². The topological polar surface area (TPSA) is 70.7 Å². The van der Waals surface area contributed by atoms with Crippen LogP contribution in [0, 0.1) is 11.6 Å². The summed E-state index contributed by atoms with van der Waals surface area (Å²) < 4.78 is 68.3. The van der Waals surface area contributed by atoms with Gasteiger partial charge in [-0.25, -0.2) is 24.0 Å². The van der Waals surface area contributed by atoms with Crippen molar-refractivity contribution in [1.82, 2.24) is 10.4 Å². The molecule has 0 aliphatic carbocycles. The van der Waals surface area contributed by atoms with Gasteiger partial charge >= 0.3 is 12.4 Å². The maximum atomic E-state index is 13.7. The largest absolute Gasteiger partial charge is 0.573 e. The van der Waals surface area contributed by atoms with Crippen molar-refractivity contribution in [3.63, 3.8) is 0 Å². The molecule has 0 aromatic heterocycles. The molecular formula is C19H17ClF5N3O3. The molecule has 0 bridgehead atoms. The molecule has 6 nitrogen and oxygen atoms in total. The molecule has 168 valence electrons. The van der Waals surface area contributed by atoms with Gasteiger partial charge in [0, 0.05) is 16.7 Å². The van der Waals surface area contributed by atoms with Crippen molar-refractivity contribution in [2.24, 2.45) is 0 Å². The van der Waals surface area contributed by atoms with E-state index < -0.39 is 46.9 Å². The van der Waals surface area contributed by atoms with Gasteiger partial charge in [0.2, 0.25) is 0 Å². The Kier molecular flexibility index (Phi) is 6.99. The van der Waals surface area contributed by atoms with Crippen LogP contribution < -0.4 is 15.5 Å². The fraction of sp³-hybridized carbons (Fsp3) is 0.263. The molecule has 0 saturated carbocycles. The van der Waals surface area contributed by atoms with Gasteiger partial charge in [0.1, 0.15) is 17.4 Å². The number of hydrazine groups is 1. The molecule has 0 fully saturated rings. The minimum atomic E-state index is -5.01. The molecule has 31 heavy (non-hydrogen) atoms. The summed E-state index contributed by atoms with van der Waals surface area (Å²) >= 11 is 5.79. The Labute approximate surface area is 178 Å². The molecule has 2 aromatic carbocycles. The van der Waals surface area contributed by atoms with Crippen molar-refractivity contribution in [3.05, 3.63) is 58.6 Å². The zero-order valence-electron chi connectivity index (χ0n) is 16.4. The first kappa shape index (κ1) is 24.2. The first-order valence-electron chi connectivity index (χ1n) is 8.59. The Hall–Kier alpha value is -3.08. The van der Waals surface area contributed by atoms with Crippen LogP contribution >= 0.6 is 11.6 Å². The molecule has 0 radical (unpaired) electrons. The number of anilines is 1. The van der Waals surface area contributed by atoms with E-state index in [2.05, 4.69) is 15.5 Å². The van der Waals surface area contributed by atoms with E-state index in [1.54, 1.807) is 0 Å². The van der Waals surface area contributed by atoms with E-state index in [9.17, 15) is 31.5 Å². The van der Waals surface area contributed by atoms with E-state index in [1.165, 1.54) is 20.8 Å². The van der Waals surface area contributed by atoms with Crippen LogP contribution in [0.1, 0.15) is 31.1 Å². The molecule has 0 aliphatic rings. The quantitative estimate of drug-likeness (QED) is 0.465. The third kappa shape index (κ3) is 6.99. The van der Waals surface area contributed by atoms with Crippen molar-refractivity contribution in [3.8, 4) is 5.75 Å². The predicted molar refractivity (Wildman–Crippen MR) is 103 cm³/mol. The third-order valence-corrected chi connectivity index (χ3v) is 3.83. The number of amides is 3. The third-order valence-electron chi connectivity index (χ3n) is 3.62. The number of alkyl halides is 3. The number of hydrogen-bond donors (Lipinski definition) is 2. The Morgan fingerprint density at radius 1 is 1.03 bits per heavy atom. The lowest BCUT2D eigenvalue weighted by Gasteiger charge is -2.35. The lowest BCUT2D eigenvalue weighted by molar-refractivity contribution is -0.274. The van der Waals surface area contributed by atoms with E-state index in [4.69, 9.17) is 11.6 Å². The molecular weight excluding hydrogens is 449 g/mol. The summed E-state index contributed by atoms with van der Waals surface area (Å²) in [6, 6.07) is 4.02. The fourth-order valence-electron chi connectivity index (χ4n) is 2.38. The minimum absolute atomic E-state index is 0.217. The number of nitrogens with one attached hydrogen (secondary N) is 2. The molecule has 0 heterocycles. The maximum Gasteiger partial charge on any atom is 0.573 e. The Bertz CT molecular complexity index is 993. The predicted octanol–water partition coefficient (Wildman–Crippen LogP) is 5.49. The Morgan fingerprint density at radius 2 is 1.68 bits per heavy atom. The standard InChI is InChI=1S/C19H17ClF5N3O3/c1-18(2,3)28(27-17(30)26-15-9-12(21)4-5-14(15)22)16(29)10-6-11(20)8-13(7-10)31-19(23,24)25/h4-9H,1-3H3,(H2,26,27,30). The van der Waals surface area contributed by atoms with Gasteiger partial charge in [-0.3, -0.25) is 4.79 Å². The van der Waals surface area contributed by atoms with Gasteiger partial charge < -0.3 is 10.1 Å². The lowest BCUT2D eigenvalue weighted by atomic mass is 10.1. The second kappa shape index (κ2) is 8.96. The van der Waals surface area contributed by atoms with E-state index in [0.29, 0.717) is 0 Å². The fourth-order valence-corrected chi connectivity index (χ4v) is 2.60. The van der Waals surface area contributed by atoms with Crippen molar-refractivity contribution in [2.75, 3.05) is 5.32 Å². The van der Waals surface area contributed by atoms with Gasteiger partial charge in [-0.2, -0.15) is 0 Å². The highest BCUT2D eigenvalue weighted by Gasteiger charge is 2.33. The first-order chi connectivity index (χ1) is 14.2. The molecule has 2 N–H and O–H groups in total. The van der Waals surface area contributed by atoms with Crippen molar-refractivity contribution >= 4 is 29.2 Å². The van der Waals surface area contributed by atoms with Crippen molar-refractivity contribution < 1.29 is 36.3 Å². The van der Waals surface area contributed by atoms with Crippen LogP contribution in [-0.4, -0.2) is 28.8 Å². The summed E-state index contributed by atoms with van der Waals surface area (Å²) in [5.41, 5.74) is 0.291. The van der Waals surface area contributed by atoms with Crippen LogP contribution in [0.2, 0.25) is 5.02 Å². The first-order valence-corrected chi connectivity index (χ1v) is 8.97. The van der Waals surface area contributed by atoms with Crippen LogP contribution in [0.15, 0.2) is 36.4 Å². The van der Waals surface area contributed by atoms with Gasteiger partial charge in [0.05, 0.1) is 11.2 Å². The molecule has 0 unspecified atom stereocenters. The SMILES string of the molecule is CC(C)(C)N(NC(=O)Nc1cc(F)ccc1F)C(=O)c1cc(Cl)cc(OC(F)(F)F)c1. The summed E-state index contributed by atoms with van der Waals surface area (Å²) in [5, 5.41) is 2.63. The number of ether oxygens (including phenoxy) is 1. The summed E-state index contributed by atoms with van der Waals surface area (Å²) in [4.78, 5) is 25.2. The highest BCUT2D eigenvalue weighted by Crippen LogP contribution is 2.28. The molecule has 2 aromatic rings. The smallest absolute Gasteiger partial charge is 0.406 e. The molecule has 2 rings (SSSR count). The van der Waals surface area contributed by atoms with E-state index >= 15 is 0 Å². The Morgan fingerprint density at radius 3 is 2.26 bits per heavy atom.